The lowest BCUT2D eigenvalue weighted by atomic mass is 10.3. The summed E-state index contributed by atoms with van der Waals surface area (Å²) in [6.07, 6.45) is 3.88. The zero-order valence-corrected chi connectivity index (χ0v) is 10.6. The van der Waals surface area contributed by atoms with E-state index in [9.17, 15) is 4.79 Å². The molecule has 0 spiro atoms. The number of nitrogens with one attached hydrogen (secondary N) is 1. The number of hydrogen-bond donors (Lipinski definition) is 1. The van der Waals surface area contributed by atoms with Crippen LogP contribution in [-0.4, -0.2) is 34.9 Å². The molecule has 1 saturated heterocycles. The summed E-state index contributed by atoms with van der Waals surface area (Å²) < 4.78 is 0. The number of pyridine rings is 1. The molecule has 4 nitrogen and oxygen atoms in total. The van der Waals surface area contributed by atoms with Crippen LogP contribution in [-0.2, 0) is 4.79 Å². The zero-order valence-electron chi connectivity index (χ0n) is 9.82. The Labute approximate surface area is 106 Å². The van der Waals surface area contributed by atoms with Crippen LogP contribution in [0, 0.1) is 0 Å². The average Bonchev–Trinajstić information content (AvgIpc) is 2.84. The van der Waals surface area contributed by atoms with Crippen molar-refractivity contribution in [2.45, 2.75) is 25.8 Å². The summed E-state index contributed by atoms with van der Waals surface area (Å²) in [4.78, 5) is 18.2. The molecular weight excluding hydrogens is 238 g/mol. The van der Waals surface area contributed by atoms with E-state index in [1.807, 2.05) is 6.92 Å². The van der Waals surface area contributed by atoms with Gasteiger partial charge in [0.1, 0.15) is 5.82 Å². The number of likely N-dealkylation sites (tertiary alicyclic amines) is 1. The number of nitrogens with zero attached hydrogens (tertiary/aromatic N) is 2. The largest absolute Gasteiger partial charge is 0.309 e. The predicted molar refractivity (Wildman–Crippen MR) is 68.1 cm³/mol. The highest BCUT2D eigenvalue weighted by Crippen LogP contribution is 2.14. The fourth-order valence-corrected chi connectivity index (χ4v) is 2.09. The Morgan fingerprint density at radius 2 is 2.18 bits per heavy atom. The van der Waals surface area contributed by atoms with Gasteiger partial charge in [0.25, 0.3) is 0 Å². The number of rotatable bonds is 3. The second-order valence-electron chi connectivity index (χ2n) is 4.27. The fraction of sp³-hybridized carbons (Fsp3) is 0.500. The first-order chi connectivity index (χ1) is 8.16. The number of aromatic nitrogens is 1. The van der Waals surface area contributed by atoms with Gasteiger partial charge in [-0.2, -0.15) is 0 Å². The standard InChI is InChI=1S/C12H16ClN3O/c1-9(16-6-2-3-7-16)12(17)15-11-5-4-10(13)8-14-11/h4-5,8-9H,2-3,6-7H2,1H3,(H,14,15,17)/t9-/m0/s1. The van der Waals surface area contributed by atoms with Gasteiger partial charge in [0.05, 0.1) is 11.1 Å². The highest BCUT2D eigenvalue weighted by molar-refractivity contribution is 6.30. The third kappa shape index (κ3) is 3.17. The molecule has 1 amide bonds. The Hall–Kier alpha value is -1.13. The van der Waals surface area contributed by atoms with E-state index < -0.39 is 0 Å². The van der Waals surface area contributed by atoms with E-state index in [-0.39, 0.29) is 11.9 Å². The van der Waals surface area contributed by atoms with Gasteiger partial charge < -0.3 is 5.32 Å². The van der Waals surface area contributed by atoms with Crippen molar-refractivity contribution < 1.29 is 4.79 Å². The molecule has 92 valence electrons. The van der Waals surface area contributed by atoms with Gasteiger partial charge >= 0.3 is 0 Å². The topological polar surface area (TPSA) is 45.2 Å². The quantitative estimate of drug-likeness (QED) is 0.898. The van der Waals surface area contributed by atoms with E-state index >= 15 is 0 Å². The van der Waals surface area contributed by atoms with Crippen molar-refractivity contribution in [1.82, 2.24) is 9.88 Å². The predicted octanol–water partition coefficient (Wildman–Crippen LogP) is 2.16. The van der Waals surface area contributed by atoms with Gasteiger partial charge in [-0.25, -0.2) is 4.98 Å². The molecule has 1 aromatic rings. The first kappa shape index (κ1) is 12.3. The van der Waals surface area contributed by atoms with Crippen molar-refractivity contribution >= 4 is 23.3 Å². The van der Waals surface area contributed by atoms with Crippen molar-refractivity contribution in [3.63, 3.8) is 0 Å². The minimum absolute atomic E-state index is 0.0123. The van der Waals surface area contributed by atoms with E-state index in [1.54, 1.807) is 12.1 Å². The van der Waals surface area contributed by atoms with E-state index in [4.69, 9.17) is 11.6 Å². The number of halogens is 1. The molecule has 1 atom stereocenters. The van der Waals surface area contributed by atoms with Crippen LogP contribution in [0.2, 0.25) is 5.02 Å². The summed E-state index contributed by atoms with van der Waals surface area (Å²) in [5, 5.41) is 3.36. The average molecular weight is 254 g/mol. The Bertz CT molecular complexity index is 387. The molecule has 5 heteroatoms. The van der Waals surface area contributed by atoms with E-state index in [0.717, 1.165) is 13.1 Å². The number of carbonyl (C=O) groups excluding carboxylic acids is 1. The summed E-state index contributed by atoms with van der Waals surface area (Å²) >= 11 is 5.73. The van der Waals surface area contributed by atoms with E-state index in [2.05, 4.69) is 15.2 Å². The summed E-state index contributed by atoms with van der Waals surface area (Å²) in [5.74, 6) is 0.534. The van der Waals surface area contributed by atoms with Crippen molar-refractivity contribution in [1.29, 1.82) is 0 Å². The molecule has 1 aliphatic heterocycles. The van der Waals surface area contributed by atoms with Crippen molar-refractivity contribution in [2.75, 3.05) is 18.4 Å². The lowest BCUT2D eigenvalue weighted by molar-refractivity contribution is -0.120. The lowest BCUT2D eigenvalue weighted by Crippen LogP contribution is -2.40. The van der Waals surface area contributed by atoms with Crippen LogP contribution in [0.1, 0.15) is 19.8 Å². The van der Waals surface area contributed by atoms with E-state index in [1.165, 1.54) is 19.0 Å². The third-order valence-electron chi connectivity index (χ3n) is 3.05. The molecule has 2 heterocycles. The normalized spacial score (nSPS) is 18.0. The van der Waals surface area contributed by atoms with Crippen LogP contribution >= 0.6 is 11.6 Å². The SMILES string of the molecule is C[C@@H](C(=O)Nc1ccc(Cl)cn1)N1CCCC1. The molecule has 0 radical (unpaired) electrons. The second kappa shape index (κ2) is 5.47. The smallest absolute Gasteiger partial charge is 0.242 e. The van der Waals surface area contributed by atoms with Crippen LogP contribution in [0.4, 0.5) is 5.82 Å². The first-order valence-corrected chi connectivity index (χ1v) is 6.21. The van der Waals surface area contributed by atoms with Gasteiger partial charge in [0.2, 0.25) is 5.91 Å². The number of carbonyl (C=O) groups is 1. The van der Waals surface area contributed by atoms with Crippen molar-refractivity contribution in [2.24, 2.45) is 0 Å². The van der Waals surface area contributed by atoms with Crippen LogP contribution in [0.5, 0.6) is 0 Å². The summed E-state index contributed by atoms with van der Waals surface area (Å²) in [6, 6.07) is 3.32. The molecule has 0 saturated carbocycles. The maximum absolute atomic E-state index is 12.0. The first-order valence-electron chi connectivity index (χ1n) is 5.83. The summed E-state index contributed by atoms with van der Waals surface area (Å²) in [5.41, 5.74) is 0. The fourth-order valence-electron chi connectivity index (χ4n) is 1.98. The van der Waals surface area contributed by atoms with Gasteiger partial charge in [0.15, 0.2) is 0 Å². The Kier molecular flexibility index (Phi) is 3.97. The van der Waals surface area contributed by atoms with Crippen molar-refractivity contribution in [3.8, 4) is 0 Å². The Morgan fingerprint density at radius 1 is 1.47 bits per heavy atom. The maximum Gasteiger partial charge on any atom is 0.242 e. The lowest BCUT2D eigenvalue weighted by Gasteiger charge is -2.22. The minimum atomic E-state index is -0.102. The van der Waals surface area contributed by atoms with Crippen LogP contribution in [0.3, 0.4) is 0 Å². The molecule has 17 heavy (non-hydrogen) atoms. The monoisotopic (exact) mass is 253 g/mol. The van der Waals surface area contributed by atoms with Crippen LogP contribution in [0.15, 0.2) is 18.3 Å². The highest BCUT2D eigenvalue weighted by atomic mass is 35.5. The molecule has 1 aliphatic rings. The number of anilines is 1. The van der Waals surface area contributed by atoms with Gasteiger partial charge in [-0.15, -0.1) is 0 Å². The molecule has 0 aliphatic carbocycles. The Morgan fingerprint density at radius 3 is 2.76 bits per heavy atom. The van der Waals surface area contributed by atoms with Gasteiger partial charge in [-0.1, -0.05) is 11.6 Å². The second-order valence-corrected chi connectivity index (χ2v) is 4.71. The minimum Gasteiger partial charge on any atom is -0.309 e. The molecule has 1 N–H and O–H groups in total. The van der Waals surface area contributed by atoms with E-state index in [0.29, 0.717) is 10.8 Å². The van der Waals surface area contributed by atoms with Crippen molar-refractivity contribution in [3.05, 3.63) is 23.4 Å². The maximum atomic E-state index is 12.0. The zero-order chi connectivity index (χ0) is 12.3. The summed E-state index contributed by atoms with van der Waals surface area (Å²) in [7, 11) is 0. The molecule has 0 bridgehead atoms. The van der Waals surface area contributed by atoms with Gasteiger partial charge in [-0.3, -0.25) is 9.69 Å². The molecule has 0 unspecified atom stereocenters. The molecule has 0 aromatic carbocycles. The van der Waals surface area contributed by atoms with Gasteiger partial charge in [0, 0.05) is 6.20 Å². The van der Waals surface area contributed by atoms with Gasteiger partial charge in [-0.05, 0) is 45.0 Å². The van der Waals surface area contributed by atoms with Crippen LogP contribution < -0.4 is 5.32 Å². The Balaban J connectivity index is 1.93. The third-order valence-corrected chi connectivity index (χ3v) is 3.27. The molecule has 1 fully saturated rings. The van der Waals surface area contributed by atoms with Crippen LogP contribution in [0.25, 0.3) is 0 Å². The molecule has 1 aromatic heterocycles. The number of hydrogen-bond acceptors (Lipinski definition) is 3. The summed E-state index contributed by atoms with van der Waals surface area (Å²) in [6.45, 7) is 3.93. The number of amides is 1. The molecular formula is C12H16ClN3O. The molecule has 2 rings (SSSR count). The highest BCUT2D eigenvalue weighted by Gasteiger charge is 2.23.